The van der Waals surface area contributed by atoms with Crippen molar-refractivity contribution in [1.29, 1.82) is 0 Å². The first-order chi connectivity index (χ1) is 8.11. The van der Waals surface area contributed by atoms with Crippen molar-refractivity contribution in [2.45, 2.75) is 38.3 Å². The second-order valence-electron chi connectivity index (χ2n) is 4.39. The van der Waals surface area contributed by atoms with E-state index in [2.05, 4.69) is 4.98 Å². The lowest BCUT2D eigenvalue weighted by molar-refractivity contribution is 0.0589. The van der Waals surface area contributed by atoms with Crippen LogP contribution < -0.4 is 5.73 Å². The molecule has 17 heavy (non-hydrogen) atoms. The molecule has 2 rings (SSSR count). The fourth-order valence-electron chi connectivity index (χ4n) is 2.26. The number of thiazole rings is 1. The Morgan fingerprint density at radius 1 is 1.71 bits per heavy atom. The van der Waals surface area contributed by atoms with Crippen molar-refractivity contribution < 1.29 is 4.79 Å². The number of rotatable bonds is 2. The molecule has 1 saturated heterocycles. The first kappa shape index (κ1) is 12.8. The third-order valence-electron chi connectivity index (χ3n) is 3.14. The van der Waals surface area contributed by atoms with Gasteiger partial charge in [0.1, 0.15) is 4.88 Å². The largest absolute Gasteiger partial charge is 0.333 e. The molecule has 1 amide bonds. The summed E-state index contributed by atoms with van der Waals surface area (Å²) in [4.78, 5) is 18.6. The number of amides is 1. The molecule has 0 aliphatic carbocycles. The summed E-state index contributed by atoms with van der Waals surface area (Å²) >= 11 is 7.19. The number of likely N-dealkylation sites (tertiary alicyclic amines) is 1. The van der Waals surface area contributed by atoms with Gasteiger partial charge in [0.15, 0.2) is 5.15 Å². The molecule has 2 N–H and O–H groups in total. The molecule has 0 radical (unpaired) electrons. The van der Waals surface area contributed by atoms with E-state index in [1.807, 2.05) is 11.8 Å². The van der Waals surface area contributed by atoms with Gasteiger partial charge in [0.2, 0.25) is 0 Å². The predicted octanol–water partition coefficient (Wildman–Crippen LogP) is 2.14. The maximum atomic E-state index is 12.4. The van der Waals surface area contributed by atoms with Crippen molar-refractivity contribution in [3.63, 3.8) is 0 Å². The van der Waals surface area contributed by atoms with Crippen LogP contribution in [-0.2, 0) is 0 Å². The van der Waals surface area contributed by atoms with Gasteiger partial charge in [-0.15, -0.1) is 11.3 Å². The Morgan fingerprint density at radius 2 is 2.47 bits per heavy atom. The molecule has 94 valence electrons. The standard InChI is InChI=1S/C11H16ClN3OS/c1-7(13)8-4-2-3-5-15(8)11(16)9-10(12)14-6-17-9/h6-8H,2-5,13H2,1H3/t7-,8+/m0/s1. The maximum Gasteiger partial charge on any atom is 0.267 e. The highest BCUT2D eigenvalue weighted by atomic mass is 35.5. The lowest BCUT2D eigenvalue weighted by Crippen LogP contribution is -2.51. The second kappa shape index (κ2) is 5.33. The summed E-state index contributed by atoms with van der Waals surface area (Å²) in [5.74, 6) is -0.0282. The molecule has 1 aromatic heterocycles. The Labute approximate surface area is 110 Å². The SMILES string of the molecule is C[C@H](N)[C@H]1CCCCN1C(=O)c1scnc1Cl. The molecule has 0 bridgehead atoms. The molecule has 0 spiro atoms. The Kier molecular flexibility index (Phi) is 4.01. The van der Waals surface area contributed by atoms with E-state index in [1.54, 1.807) is 5.51 Å². The molecule has 1 aliphatic heterocycles. The van der Waals surface area contributed by atoms with E-state index in [-0.39, 0.29) is 18.0 Å². The Bertz CT molecular complexity index is 407. The van der Waals surface area contributed by atoms with E-state index in [0.29, 0.717) is 10.0 Å². The molecule has 2 atom stereocenters. The van der Waals surface area contributed by atoms with Crippen LogP contribution in [0.1, 0.15) is 35.9 Å². The zero-order chi connectivity index (χ0) is 12.4. The highest BCUT2D eigenvalue weighted by Crippen LogP contribution is 2.26. The monoisotopic (exact) mass is 273 g/mol. The number of piperidine rings is 1. The molecule has 6 heteroatoms. The van der Waals surface area contributed by atoms with Gasteiger partial charge >= 0.3 is 0 Å². The van der Waals surface area contributed by atoms with Gasteiger partial charge in [-0.25, -0.2) is 4.98 Å². The molecule has 0 saturated carbocycles. The lowest BCUT2D eigenvalue weighted by Gasteiger charge is -2.37. The van der Waals surface area contributed by atoms with Crippen molar-refractivity contribution in [3.8, 4) is 0 Å². The van der Waals surface area contributed by atoms with Crippen molar-refractivity contribution in [3.05, 3.63) is 15.5 Å². The summed E-state index contributed by atoms with van der Waals surface area (Å²) in [5, 5.41) is 0.300. The van der Waals surface area contributed by atoms with Crippen LogP contribution in [0.4, 0.5) is 0 Å². The van der Waals surface area contributed by atoms with E-state index in [0.717, 1.165) is 25.8 Å². The van der Waals surface area contributed by atoms with Gasteiger partial charge in [0, 0.05) is 18.6 Å². The number of nitrogens with zero attached hydrogens (tertiary/aromatic N) is 2. The van der Waals surface area contributed by atoms with Gasteiger partial charge in [0.05, 0.1) is 5.51 Å². The maximum absolute atomic E-state index is 12.4. The fourth-order valence-corrected chi connectivity index (χ4v) is 3.21. The lowest BCUT2D eigenvalue weighted by atomic mass is 9.97. The number of aromatic nitrogens is 1. The summed E-state index contributed by atoms with van der Waals surface area (Å²) in [6.07, 6.45) is 3.14. The summed E-state index contributed by atoms with van der Waals surface area (Å²) in [7, 11) is 0. The van der Waals surface area contributed by atoms with Crippen LogP contribution in [0.5, 0.6) is 0 Å². The van der Waals surface area contributed by atoms with Crippen LogP contribution in [0, 0.1) is 0 Å². The molecule has 0 unspecified atom stereocenters. The minimum atomic E-state index is -0.0282. The van der Waals surface area contributed by atoms with Gasteiger partial charge in [-0.1, -0.05) is 11.6 Å². The third-order valence-corrected chi connectivity index (χ3v) is 4.35. The van der Waals surface area contributed by atoms with Crippen LogP contribution in [-0.4, -0.2) is 34.4 Å². The van der Waals surface area contributed by atoms with Crippen LogP contribution >= 0.6 is 22.9 Å². The minimum absolute atomic E-state index is 0.00838. The zero-order valence-electron chi connectivity index (χ0n) is 9.73. The summed E-state index contributed by atoms with van der Waals surface area (Å²) in [5.41, 5.74) is 7.55. The Balaban J connectivity index is 2.20. The van der Waals surface area contributed by atoms with Crippen molar-refractivity contribution in [1.82, 2.24) is 9.88 Å². The Hall–Kier alpha value is -0.650. The first-order valence-corrected chi connectivity index (χ1v) is 7.02. The summed E-state index contributed by atoms with van der Waals surface area (Å²) in [6.45, 7) is 2.71. The molecule has 4 nitrogen and oxygen atoms in total. The second-order valence-corrected chi connectivity index (χ2v) is 5.61. The first-order valence-electron chi connectivity index (χ1n) is 5.77. The predicted molar refractivity (Wildman–Crippen MR) is 69.4 cm³/mol. The smallest absolute Gasteiger partial charge is 0.267 e. The molecule has 2 heterocycles. The van der Waals surface area contributed by atoms with Gasteiger partial charge in [-0.2, -0.15) is 0 Å². The number of hydrogen-bond acceptors (Lipinski definition) is 4. The Morgan fingerprint density at radius 3 is 3.06 bits per heavy atom. The van der Waals surface area contributed by atoms with Crippen LogP contribution in [0.25, 0.3) is 0 Å². The van der Waals surface area contributed by atoms with Crippen LogP contribution in [0.2, 0.25) is 5.15 Å². The molecule has 1 fully saturated rings. The topological polar surface area (TPSA) is 59.2 Å². The highest BCUT2D eigenvalue weighted by molar-refractivity contribution is 7.12. The fraction of sp³-hybridized carbons (Fsp3) is 0.636. The summed E-state index contributed by atoms with van der Waals surface area (Å²) in [6, 6.07) is 0.111. The van der Waals surface area contributed by atoms with Crippen LogP contribution in [0.3, 0.4) is 0 Å². The quantitative estimate of drug-likeness (QED) is 0.898. The molecular formula is C11H16ClN3OS. The summed E-state index contributed by atoms with van der Waals surface area (Å²) < 4.78 is 0. The van der Waals surface area contributed by atoms with E-state index in [1.165, 1.54) is 11.3 Å². The minimum Gasteiger partial charge on any atom is -0.333 e. The molecule has 1 aliphatic rings. The third kappa shape index (κ3) is 2.61. The van der Waals surface area contributed by atoms with E-state index >= 15 is 0 Å². The number of hydrogen-bond donors (Lipinski definition) is 1. The van der Waals surface area contributed by atoms with Crippen molar-refractivity contribution in [2.75, 3.05) is 6.54 Å². The number of carbonyl (C=O) groups excluding carboxylic acids is 1. The van der Waals surface area contributed by atoms with E-state index in [4.69, 9.17) is 17.3 Å². The molecule has 0 aromatic carbocycles. The molecule has 1 aromatic rings. The molecular weight excluding hydrogens is 258 g/mol. The zero-order valence-corrected chi connectivity index (χ0v) is 11.3. The number of carbonyl (C=O) groups is 1. The van der Waals surface area contributed by atoms with Gasteiger partial charge in [0.25, 0.3) is 5.91 Å². The van der Waals surface area contributed by atoms with Crippen molar-refractivity contribution >= 4 is 28.8 Å². The van der Waals surface area contributed by atoms with Gasteiger partial charge in [-0.3, -0.25) is 4.79 Å². The number of halogens is 1. The number of nitrogens with two attached hydrogens (primary N) is 1. The highest BCUT2D eigenvalue weighted by Gasteiger charge is 2.31. The average Bonchev–Trinajstić information content (AvgIpc) is 2.74. The van der Waals surface area contributed by atoms with E-state index in [9.17, 15) is 4.79 Å². The van der Waals surface area contributed by atoms with Gasteiger partial charge < -0.3 is 10.6 Å². The van der Waals surface area contributed by atoms with E-state index < -0.39 is 0 Å². The average molecular weight is 274 g/mol. The van der Waals surface area contributed by atoms with Crippen molar-refractivity contribution in [2.24, 2.45) is 5.73 Å². The van der Waals surface area contributed by atoms with Crippen LogP contribution in [0.15, 0.2) is 5.51 Å². The van der Waals surface area contributed by atoms with Gasteiger partial charge in [-0.05, 0) is 26.2 Å². The normalized spacial score (nSPS) is 22.5.